The van der Waals surface area contributed by atoms with Gasteiger partial charge in [-0.15, -0.1) is 0 Å². The van der Waals surface area contributed by atoms with Crippen molar-refractivity contribution < 1.29 is 27.5 Å². The van der Waals surface area contributed by atoms with Gasteiger partial charge in [0, 0.05) is 42.7 Å². The zero-order valence-corrected chi connectivity index (χ0v) is 20.1. The Morgan fingerprint density at radius 3 is 2.51 bits per heavy atom. The van der Waals surface area contributed by atoms with Gasteiger partial charge in [-0.2, -0.15) is 13.2 Å². The average molecular weight is 534 g/mol. The molecule has 1 fully saturated rings. The summed E-state index contributed by atoms with van der Waals surface area (Å²) >= 11 is 5.73. The highest BCUT2D eigenvalue weighted by Gasteiger charge is 2.43. The van der Waals surface area contributed by atoms with E-state index < -0.39 is 29.1 Å². The van der Waals surface area contributed by atoms with Crippen molar-refractivity contribution in [2.45, 2.75) is 24.7 Å². The molecule has 1 aromatic heterocycles. The minimum absolute atomic E-state index is 0.00576. The van der Waals surface area contributed by atoms with Gasteiger partial charge in [0.05, 0.1) is 29.1 Å². The molecular weight excluding hydrogens is 511 g/mol. The number of carbonyl (C=O) groups is 2. The first-order valence-electron chi connectivity index (χ1n) is 11.2. The number of rotatable bonds is 7. The molecule has 1 atom stereocenters. The predicted octanol–water partition coefficient (Wildman–Crippen LogP) is 4.28. The maximum absolute atomic E-state index is 13.3. The lowest BCUT2D eigenvalue weighted by Crippen LogP contribution is -2.59. The Bertz CT molecular complexity index is 1300. The van der Waals surface area contributed by atoms with E-state index in [4.69, 9.17) is 22.1 Å². The Hall–Kier alpha value is -3.83. The van der Waals surface area contributed by atoms with Gasteiger partial charge in [0.25, 0.3) is 5.91 Å². The van der Waals surface area contributed by atoms with Crippen LogP contribution < -0.4 is 21.7 Å². The Kier molecular flexibility index (Phi) is 7.55. The average Bonchev–Trinajstić information content (AvgIpc) is 3.33. The van der Waals surface area contributed by atoms with Crippen molar-refractivity contribution in [3.63, 3.8) is 0 Å². The number of pyridine rings is 1. The Labute approximate surface area is 215 Å². The number of amides is 2. The number of nitrogens with two attached hydrogens (primary N) is 1. The topological polar surface area (TPSA) is 118 Å². The maximum atomic E-state index is 13.3. The standard InChI is InChI=1S/C25H23ClF3N5O3/c26-17-3-6-21(20(10-17)25(27,28)29)33-19-4-1-15(2-5-19)11-32-23(36)24(7-8-37-14-24)34-22(35)16-9-18(30)13-31-12-16/h1-6,9-10,12-13,33H,7-8,11,14,30H2,(H,32,36)(H,34,35)/t24-/m0/s1. The second kappa shape index (κ2) is 10.7. The van der Waals surface area contributed by atoms with Gasteiger partial charge in [-0.1, -0.05) is 23.7 Å². The highest BCUT2D eigenvalue weighted by Crippen LogP contribution is 2.37. The van der Waals surface area contributed by atoms with Crippen molar-refractivity contribution in [2.75, 3.05) is 24.3 Å². The lowest BCUT2D eigenvalue weighted by molar-refractivity contribution is -0.137. The molecule has 1 aliphatic rings. The summed E-state index contributed by atoms with van der Waals surface area (Å²) in [4.78, 5) is 29.7. The molecule has 2 heterocycles. The van der Waals surface area contributed by atoms with Gasteiger partial charge in [-0.3, -0.25) is 14.6 Å². The van der Waals surface area contributed by atoms with Crippen LogP contribution in [0.3, 0.4) is 0 Å². The molecule has 194 valence electrons. The SMILES string of the molecule is Nc1cncc(C(=O)N[C@@]2(C(=O)NCc3ccc(Nc4ccc(Cl)cc4C(F)(F)F)cc3)CCOC2)c1. The zero-order chi connectivity index (χ0) is 26.6. The fourth-order valence-corrected chi connectivity index (χ4v) is 4.02. The summed E-state index contributed by atoms with van der Waals surface area (Å²) in [5.74, 6) is -0.926. The second-order valence-corrected chi connectivity index (χ2v) is 8.97. The van der Waals surface area contributed by atoms with Crippen LogP contribution in [-0.4, -0.2) is 35.6 Å². The summed E-state index contributed by atoms with van der Waals surface area (Å²) in [5.41, 5.74) is 5.08. The van der Waals surface area contributed by atoms with Crippen LogP contribution in [0, 0.1) is 0 Å². The van der Waals surface area contributed by atoms with E-state index in [9.17, 15) is 22.8 Å². The first-order valence-corrected chi connectivity index (χ1v) is 11.6. The van der Waals surface area contributed by atoms with E-state index in [0.717, 1.165) is 6.07 Å². The van der Waals surface area contributed by atoms with Gasteiger partial charge in [0.15, 0.2) is 0 Å². The minimum atomic E-state index is -4.57. The highest BCUT2D eigenvalue weighted by molar-refractivity contribution is 6.30. The molecule has 3 aromatic rings. The quantitative estimate of drug-likeness (QED) is 0.360. The number of nitrogen functional groups attached to an aromatic ring is 1. The number of anilines is 3. The molecule has 0 bridgehead atoms. The van der Waals surface area contributed by atoms with Crippen LogP contribution in [0.25, 0.3) is 0 Å². The fraction of sp³-hybridized carbons (Fsp3) is 0.240. The number of ether oxygens (including phenoxy) is 1. The number of carbonyl (C=O) groups excluding carboxylic acids is 2. The fourth-order valence-electron chi connectivity index (χ4n) is 3.84. The van der Waals surface area contributed by atoms with E-state index in [1.54, 1.807) is 24.3 Å². The maximum Gasteiger partial charge on any atom is 0.418 e. The predicted molar refractivity (Wildman–Crippen MR) is 132 cm³/mol. The van der Waals surface area contributed by atoms with Crippen LogP contribution in [0.4, 0.5) is 30.2 Å². The zero-order valence-electron chi connectivity index (χ0n) is 19.4. The smallest absolute Gasteiger partial charge is 0.397 e. The number of nitrogens with one attached hydrogen (secondary N) is 3. The van der Waals surface area contributed by atoms with E-state index in [2.05, 4.69) is 20.9 Å². The number of halogens is 4. The summed E-state index contributed by atoms with van der Waals surface area (Å²) in [6.07, 6.45) is -1.53. The van der Waals surface area contributed by atoms with Crippen LogP contribution in [0.15, 0.2) is 60.9 Å². The number of benzene rings is 2. The third-order valence-electron chi connectivity index (χ3n) is 5.80. The third-order valence-corrected chi connectivity index (χ3v) is 6.04. The van der Waals surface area contributed by atoms with Gasteiger partial charge in [0.1, 0.15) is 5.54 Å². The first kappa shape index (κ1) is 26.2. The highest BCUT2D eigenvalue weighted by atomic mass is 35.5. The van der Waals surface area contributed by atoms with Gasteiger partial charge in [0.2, 0.25) is 5.91 Å². The van der Waals surface area contributed by atoms with Crippen LogP contribution in [0.2, 0.25) is 5.02 Å². The molecule has 0 spiro atoms. The third kappa shape index (κ3) is 6.30. The Balaban J connectivity index is 1.40. The van der Waals surface area contributed by atoms with E-state index >= 15 is 0 Å². The summed E-state index contributed by atoms with van der Waals surface area (Å²) in [6, 6.07) is 11.5. The van der Waals surface area contributed by atoms with Gasteiger partial charge in [-0.25, -0.2) is 0 Å². The molecule has 0 unspecified atom stereocenters. The minimum Gasteiger partial charge on any atom is -0.397 e. The number of hydrogen-bond donors (Lipinski definition) is 4. The molecule has 37 heavy (non-hydrogen) atoms. The molecule has 2 amide bonds. The largest absolute Gasteiger partial charge is 0.418 e. The molecule has 12 heteroatoms. The summed E-state index contributed by atoms with van der Waals surface area (Å²) in [6.45, 7) is 0.435. The van der Waals surface area contributed by atoms with E-state index in [1.807, 2.05) is 0 Å². The van der Waals surface area contributed by atoms with Crippen LogP contribution in [-0.2, 0) is 22.3 Å². The van der Waals surface area contributed by atoms with Crippen molar-refractivity contribution in [2.24, 2.45) is 0 Å². The van der Waals surface area contributed by atoms with Crippen molar-refractivity contribution in [1.82, 2.24) is 15.6 Å². The van der Waals surface area contributed by atoms with Gasteiger partial charge < -0.3 is 26.4 Å². The monoisotopic (exact) mass is 533 g/mol. The molecule has 1 aliphatic heterocycles. The molecule has 0 radical (unpaired) electrons. The summed E-state index contributed by atoms with van der Waals surface area (Å²) < 4.78 is 45.4. The van der Waals surface area contributed by atoms with Gasteiger partial charge in [-0.05, 0) is 42.0 Å². The van der Waals surface area contributed by atoms with Crippen molar-refractivity contribution in [3.05, 3.63) is 82.6 Å². The first-order chi connectivity index (χ1) is 17.6. The van der Waals surface area contributed by atoms with Crippen molar-refractivity contribution >= 4 is 40.5 Å². The van der Waals surface area contributed by atoms with E-state index in [0.29, 0.717) is 23.5 Å². The summed E-state index contributed by atoms with van der Waals surface area (Å²) in [7, 11) is 0. The van der Waals surface area contributed by atoms with Gasteiger partial charge >= 0.3 is 6.18 Å². The van der Waals surface area contributed by atoms with Crippen molar-refractivity contribution in [1.29, 1.82) is 0 Å². The summed E-state index contributed by atoms with van der Waals surface area (Å²) in [5, 5.41) is 8.27. The molecule has 4 rings (SSSR count). The molecule has 5 N–H and O–H groups in total. The Morgan fingerprint density at radius 2 is 1.86 bits per heavy atom. The van der Waals surface area contributed by atoms with E-state index in [1.165, 1.54) is 30.6 Å². The normalized spacial score (nSPS) is 17.3. The molecule has 2 aromatic carbocycles. The lowest BCUT2D eigenvalue weighted by atomic mass is 9.96. The second-order valence-electron chi connectivity index (χ2n) is 8.54. The number of aromatic nitrogens is 1. The van der Waals surface area contributed by atoms with Crippen LogP contribution in [0.1, 0.15) is 27.9 Å². The number of hydrogen-bond acceptors (Lipinski definition) is 6. The number of alkyl halides is 3. The Morgan fingerprint density at radius 1 is 1.11 bits per heavy atom. The molecule has 8 nitrogen and oxygen atoms in total. The molecule has 0 saturated carbocycles. The molecule has 1 saturated heterocycles. The van der Waals surface area contributed by atoms with Crippen LogP contribution in [0.5, 0.6) is 0 Å². The lowest BCUT2D eigenvalue weighted by Gasteiger charge is -2.27. The molecule has 0 aliphatic carbocycles. The van der Waals surface area contributed by atoms with E-state index in [-0.39, 0.29) is 35.8 Å². The molecular formula is C25H23ClF3N5O3. The van der Waals surface area contributed by atoms with Crippen LogP contribution >= 0.6 is 11.6 Å². The number of nitrogens with zero attached hydrogens (tertiary/aromatic N) is 1. The van der Waals surface area contributed by atoms with Crippen molar-refractivity contribution in [3.8, 4) is 0 Å².